The predicted molar refractivity (Wildman–Crippen MR) is 78.5 cm³/mol. The van der Waals surface area contributed by atoms with E-state index in [9.17, 15) is 4.79 Å². The number of carbonyl (C=O) groups excluding carboxylic acids is 1. The molecule has 0 spiro atoms. The zero-order valence-corrected chi connectivity index (χ0v) is 12.1. The van der Waals surface area contributed by atoms with Gasteiger partial charge in [0.2, 0.25) is 5.78 Å². The van der Waals surface area contributed by atoms with E-state index in [2.05, 4.69) is 20.9 Å². The Morgan fingerprint density at radius 1 is 1.28 bits per heavy atom. The zero-order valence-electron chi connectivity index (χ0n) is 9.66. The van der Waals surface area contributed by atoms with E-state index >= 15 is 0 Å². The van der Waals surface area contributed by atoms with Gasteiger partial charge in [0.25, 0.3) is 0 Å². The summed E-state index contributed by atoms with van der Waals surface area (Å²) in [5.74, 6) is 0.0758. The van der Waals surface area contributed by atoms with Crippen molar-refractivity contribution in [3.63, 3.8) is 0 Å². The largest absolute Gasteiger partial charge is 0.358 e. The Morgan fingerprint density at radius 2 is 2.06 bits per heavy atom. The van der Waals surface area contributed by atoms with Crippen LogP contribution in [0.3, 0.4) is 0 Å². The molecule has 2 nitrogen and oxygen atoms in total. The van der Waals surface area contributed by atoms with Crippen LogP contribution in [0.15, 0.2) is 40.2 Å². The van der Waals surface area contributed by atoms with E-state index in [1.165, 1.54) is 11.3 Å². The van der Waals surface area contributed by atoms with Gasteiger partial charge in [0.15, 0.2) is 0 Å². The van der Waals surface area contributed by atoms with E-state index in [0.717, 1.165) is 31.5 Å². The van der Waals surface area contributed by atoms with E-state index < -0.39 is 0 Å². The van der Waals surface area contributed by atoms with Gasteiger partial charge in [0.1, 0.15) is 0 Å². The first-order valence-corrected chi connectivity index (χ1v) is 7.20. The molecule has 2 aromatic heterocycles. The van der Waals surface area contributed by atoms with Gasteiger partial charge in [-0.2, -0.15) is 0 Å². The number of fused-ring (bicyclic) bond motifs is 1. The van der Waals surface area contributed by atoms with Crippen molar-refractivity contribution >= 4 is 44.0 Å². The number of carbonyl (C=O) groups is 1. The SMILES string of the molecule is Cc1[nH]c2ccccc2c1C(=O)c1sccc1Br. The van der Waals surface area contributed by atoms with Crippen LogP contribution in [0, 0.1) is 6.92 Å². The Bertz CT molecular complexity index is 741. The summed E-state index contributed by atoms with van der Waals surface area (Å²) in [6.45, 7) is 1.94. The number of benzene rings is 1. The number of aromatic amines is 1. The number of ketones is 1. The molecule has 0 bridgehead atoms. The third-order valence-corrected chi connectivity index (χ3v) is 4.78. The number of para-hydroxylation sites is 1. The molecule has 0 saturated carbocycles. The molecule has 1 aromatic carbocycles. The number of hydrogen-bond donors (Lipinski definition) is 1. The van der Waals surface area contributed by atoms with Gasteiger partial charge in [-0.15, -0.1) is 11.3 Å². The summed E-state index contributed by atoms with van der Waals surface area (Å²) in [4.78, 5) is 16.6. The number of H-pyrrole nitrogens is 1. The molecule has 0 unspecified atom stereocenters. The minimum Gasteiger partial charge on any atom is -0.358 e. The highest BCUT2D eigenvalue weighted by Crippen LogP contribution is 2.30. The average Bonchev–Trinajstić information content (AvgIpc) is 2.91. The van der Waals surface area contributed by atoms with Gasteiger partial charge >= 0.3 is 0 Å². The summed E-state index contributed by atoms with van der Waals surface area (Å²) >= 11 is 4.88. The van der Waals surface area contributed by atoms with Crippen LogP contribution in [0.5, 0.6) is 0 Å². The maximum atomic E-state index is 12.6. The van der Waals surface area contributed by atoms with E-state index in [0.29, 0.717) is 0 Å². The molecule has 0 atom stereocenters. The first kappa shape index (κ1) is 11.7. The monoisotopic (exact) mass is 319 g/mol. The molecule has 0 fully saturated rings. The Balaban J connectivity index is 2.23. The lowest BCUT2D eigenvalue weighted by Gasteiger charge is -1.99. The van der Waals surface area contributed by atoms with Crippen molar-refractivity contribution in [3.05, 3.63) is 56.3 Å². The molecule has 4 heteroatoms. The summed E-state index contributed by atoms with van der Waals surface area (Å²) in [5, 5.41) is 2.90. The second-order valence-electron chi connectivity index (χ2n) is 4.10. The molecule has 0 amide bonds. The van der Waals surface area contributed by atoms with Gasteiger partial charge in [-0.3, -0.25) is 4.79 Å². The second kappa shape index (κ2) is 4.37. The normalized spacial score (nSPS) is 11.0. The van der Waals surface area contributed by atoms with Crippen molar-refractivity contribution in [1.29, 1.82) is 0 Å². The topological polar surface area (TPSA) is 32.9 Å². The fourth-order valence-corrected chi connectivity index (χ4v) is 3.64. The summed E-state index contributed by atoms with van der Waals surface area (Å²) in [7, 11) is 0. The molecule has 0 aliphatic rings. The summed E-state index contributed by atoms with van der Waals surface area (Å²) in [6, 6.07) is 9.79. The molecule has 0 aliphatic carbocycles. The molecular weight excluding hydrogens is 310 g/mol. The Hall–Kier alpha value is -1.39. The van der Waals surface area contributed by atoms with E-state index in [1.807, 2.05) is 42.6 Å². The number of aromatic nitrogens is 1. The molecule has 0 saturated heterocycles. The quantitative estimate of drug-likeness (QED) is 0.691. The second-order valence-corrected chi connectivity index (χ2v) is 5.87. The van der Waals surface area contributed by atoms with Gasteiger partial charge < -0.3 is 4.98 Å². The number of rotatable bonds is 2. The third-order valence-electron chi connectivity index (χ3n) is 2.94. The van der Waals surface area contributed by atoms with Crippen molar-refractivity contribution in [2.24, 2.45) is 0 Å². The van der Waals surface area contributed by atoms with Crippen molar-refractivity contribution in [1.82, 2.24) is 4.98 Å². The molecule has 90 valence electrons. The van der Waals surface area contributed by atoms with Crippen LogP contribution < -0.4 is 0 Å². The Morgan fingerprint density at radius 3 is 2.78 bits per heavy atom. The predicted octanol–water partition coefficient (Wildman–Crippen LogP) is 4.53. The zero-order chi connectivity index (χ0) is 12.7. The fraction of sp³-hybridized carbons (Fsp3) is 0.0714. The summed E-state index contributed by atoms with van der Waals surface area (Å²) < 4.78 is 0.863. The first-order valence-electron chi connectivity index (χ1n) is 5.53. The van der Waals surface area contributed by atoms with Crippen LogP contribution >= 0.6 is 27.3 Å². The number of aryl methyl sites for hydroxylation is 1. The molecule has 3 rings (SSSR count). The van der Waals surface area contributed by atoms with Gasteiger partial charge in [0, 0.05) is 21.1 Å². The van der Waals surface area contributed by atoms with Crippen molar-refractivity contribution < 1.29 is 4.79 Å². The van der Waals surface area contributed by atoms with E-state index in [1.54, 1.807) is 0 Å². The number of hydrogen-bond acceptors (Lipinski definition) is 2. The minimum absolute atomic E-state index is 0.0758. The van der Waals surface area contributed by atoms with Crippen LogP contribution in [0.4, 0.5) is 0 Å². The van der Waals surface area contributed by atoms with Crippen molar-refractivity contribution in [2.75, 3.05) is 0 Å². The maximum Gasteiger partial charge on any atom is 0.206 e. The van der Waals surface area contributed by atoms with Gasteiger partial charge in [0.05, 0.1) is 10.4 Å². The smallest absolute Gasteiger partial charge is 0.206 e. The lowest BCUT2D eigenvalue weighted by Crippen LogP contribution is -2.00. The Labute approximate surface area is 117 Å². The number of halogens is 1. The van der Waals surface area contributed by atoms with Crippen LogP contribution in [0.2, 0.25) is 0 Å². The lowest BCUT2D eigenvalue weighted by atomic mass is 10.1. The number of nitrogens with one attached hydrogen (secondary N) is 1. The molecule has 2 heterocycles. The molecule has 0 aliphatic heterocycles. The van der Waals surface area contributed by atoms with Gasteiger partial charge in [-0.1, -0.05) is 18.2 Å². The average molecular weight is 320 g/mol. The van der Waals surface area contributed by atoms with Crippen LogP contribution in [-0.4, -0.2) is 10.8 Å². The first-order chi connectivity index (χ1) is 8.68. The summed E-state index contributed by atoms with van der Waals surface area (Å²) in [6.07, 6.45) is 0. The molecule has 0 radical (unpaired) electrons. The Kier molecular flexibility index (Phi) is 2.84. The molecule has 18 heavy (non-hydrogen) atoms. The molecular formula is C14H10BrNOS. The molecule has 3 aromatic rings. The number of thiophene rings is 1. The fourth-order valence-electron chi connectivity index (χ4n) is 2.14. The van der Waals surface area contributed by atoms with E-state index in [-0.39, 0.29) is 5.78 Å². The standard InChI is InChI=1S/C14H10BrNOS/c1-8-12(9-4-2-3-5-11(9)16-8)13(17)14-10(15)6-7-18-14/h2-7,16H,1H3. The molecule has 1 N–H and O–H groups in total. The lowest BCUT2D eigenvalue weighted by molar-refractivity contribution is 0.104. The highest BCUT2D eigenvalue weighted by atomic mass is 79.9. The van der Waals surface area contributed by atoms with Crippen LogP contribution in [-0.2, 0) is 0 Å². The van der Waals surface area contributed by atoms with Crippen molar-refractivity contribution in [3.8, 4) is 0 Å². The van der Waals surface area contributed by atoms with Crippen LogP contribution in [0.1, 0.15) is 20.9 Å². The highest BCUT2D eigenvalue weighted by Gasteiger charge is 2.20. The van der Waals surface area contributed by atoms with Crippen molar-refractivity contribution in [2.45, 2.75) is 6.92 Å². The minimum atomic E-state index is 0.0758. The maximum absolute atomic E-state index is 12.6. The van der Waals surface area contributed by atoms with E-state index in [4.69, 9.17) is 0 Å². The highest BCUT2D eigenvalue weighted by molar-refractivity contribution is 9.10. The summed E-state index contributed by atoms with van der Waals surface area (Å²) in [5.41, 5.74) is 2.70. The third kappa shape index (κ3) is 1.72. The van der Waals surface area contributed by atoms with Gasteiger partial charge in [-0.05, 0) is 40.4 Å². The van der Waals surface area contributed by atoms with Gasteiger partial charge in [-0.25, -0.2) is 0 Å². The van der Waals surface area contributed by atoms with Crippen LogP contribution in [0.25, 0.3) is 10.9 Å².